The van der Waals surface area contributed by atoms with Crippen LogP contribution in [-0.4, -0.2) is 76.8 Å². The molecule has 1 heterocycles. The summed E-state index contributed by atoms with van der Waals surface area (Å²) < 4.78 is 10.5. The summed E-state index contributed by atoms with van der Waals surface area (Å²) >= 11 is 0. The number of carboxylic acids is 1. The Hall–Kier alpha value is -3.83. The fourth-order valence-corrected chi connectivity index (χ4v) is 4.39. The molecule has 1 aromatic rings. The Kier molecular flexibility index (Phi) is 12.9. The number of carbonyl (C=O) groups excluding carboxylic acids is 4. The van der Waals surface area contributed by atoms with Gasteiger partial charge in [0.05, 0.1) is 0 Å². The summed E-state index contributed by atoms with van der Waals surface area (Å²) in [7, 11) is 0. The molecule has 4 N–H and O–H groups in total. The van der Waals surface area contributed by atoms with Gasteiger partial charge in [0.1, 0.15) is 30.3 Å². The maximum absolute atomic E-state index is 13.3. The van der Waals surface area contributed by atoms with E-state index in [2.05, 4.69) is 16.0 Å². The Morgan fingerprint density at radius 3 is 2.32 bits per heavy atom. The number of unbranched alkanes of at least 4 members (excludes halogenated alkanes) is 1. The van der Waals surface area contributed by atoms with Crippen LogP contribution in [0.15, 0.2) is 30.3 Å². The third-order valence-corrected chi connectivity index (χ3v) is 6.46. The van der Waals surface area contributed by atoms with Crippen molar-refractivity contribution in [2.45, 2.75) is 97.1 Å². The standard InChI is InChI=1S/C29H44N4O8/c1-19(2)23(25(35)33-17-11-15-22(33)26(36)37)32-24(34)21(31-28(39)41-29(3,4)5)14-9-10-16-30-27(38)40-18-20-12-7-6-8-13-20/h6-8,12-13,19,21-23H,9-11,14-18H2,1-5H3,(H,30,38)(H,31,39)(H,32,34)(H,36,37)/t21-,22-,23-/m0/s1. The first kappa shape index (κ1) is 33.4. The lowest BCUT2D eigenvalue weighted by Gasteiger charge is -2.31. The molecule has 12 nitrogen and oxygen atoms in total. The topological polar surface area (TPSA) is 163 Å². The van der Waals surface area contributed by atoms with Crippen LogP contribution in [0.25, 0.3) is 0 Å². The number of aliphatic carboxylic acids is 1. The summed E-state index contributed by atoms with van der Waals surface area (Å²) in [5.41, 5.74) is 0.0822. The summed E-state index contributed by atoms with van der Waals surface area (Å²) in [5.74, 6) is -2.45. The van der Waals surface area contributed by atoms with Gasteiger partial charge < -0.3 is 35.4 Å². The smallest absolute Gasteiger partial charge is 0.408 e. The number of hydrogen-bond acceptors (Lipinski definition) is 7. The number of hydrogen-bond donors (Lipinski definition) is 4. The van der Waals surface area contributed by atoms with Crippen LogP contribution in [0.4, 0.5) is 9.59 Å². The molecular weight excluding hydrogens is 532 g/mol. The van der Waals surface area contributed by atoms with E-state index in [1.807, 2.05) is 30.3 Å². The summed E-state index contributed by atoms with van der Waals surface area (Å²) in [6.07, 6.45) is 0.760. The molecule has 1 aromatic carbocycles. The zero-order chi connectivity index (χ0) is 30.6. The predicted molar refractivity (Wildman–Crippen MR) is 151 cm³/mol. The predicted octanol–water partition coefficient (Wildman–Crippen LogP) is 3.19. The minimum Gasteiger partial charge on any atom is -0.480 e. The van der Waals surface area contributed by atoms with Crippen molar-refractivity contribution in [2.24, 2.45) is 5.92 Å². The van der Waals surface area contributed by atoms with E-state index in [1.54, 1.807) is 34.6 Å². The van der Waals surface area contributed by atoms with Gasteiger partial charge in [0.2, 0.25) is 11.8 Å². The minimum absolute atomic E-state index is 0.148. The van der Waals surface area contributed by atoms with E-state index in [0.29, 0.717) is 38.8 Å². The van der Waals surface area contributed by atoms with Crippen LogP contribution in [0.5, 0.6) is 0 Å². The van der Waals surface area contributed by atoms with E-state index < -0.39 is 53.7 Å². The summed E-state index contributed by atoms with van der Waals surface area (Å²) in [6, 6.07) is 6.37. The second-order valence-electron chi connectivity index (χ2n) is 11.4. The van der Waals surface area contributed by atoms with Crippen molar-refractivity contribution in [1.29, 1.82) is 0 Å². The number of amides is 4. The van der Waals surface area contributed by atoms with E-state index in [4.69, 9.17) is 9.47 Å². The number of carbonyl (C=O) groups is 5. The van der Waals surface area contributed by atoms with Crippen LogP contribution in [0.1, 0.15) is 72.3 Å². The Labute approximate surface area is 241 Å². The Morgan fingerprint density at radius 1 is 1.02 bits per heavy atom. The maximum Gasteiger partial charge on any atom is 0.408 e. The highest BCUT2D eigenvalue weighted by Crippen LogP contribution is 2.20. The number of ether oxygens (including phenoxy) is 2. The molecule has 4 amide bonds. The number of nitrogens with zero attached hydrogens (tertiary/aromatic N) is 1. The normalized spacial score (nSPS) is 16.4. The van der Waals surface area contributed by atoms with Crippen molar-refractivity contribution in [3.8, 4) is 0 Å². The molecule has 0 aliphatic carbocycles. The molecule has 0 saturated carbocycles. The third-order valence-electron chi connectivity index (χ3n) is 6.46. The highest BCUT2D eigenvalue weighted by Gasteiger charge is 2.39. The van der Waals surface area contributed by atoms with Gasteiger partial charge >= 0.3 is 18.2 Å². The fourth-order valence-electron chi connectivity index (χ4n) is 4.39. The van der Waals surface area contributed by atoms with Crippen LogP contribution < -0.4 is 16.0 Å². The first-order valence-corrected chi connectivity index (χ1v) is 14.1. The van der Waals surface area contributed by atoms with E-state index in [-0.39, 0.29) is 18.9 Å². The summed E-state index contributed by atoms with van der Waals surface area (Å²) in [4.78, 5) is 64.0. The summed E-state index contributed by atoms with van der Waals surface area (Å²) in [6.45, 7) is 9.37. The number of carboxylic acid groups (broad SMARTS) is 1. The highest BCUT2D eigenvalue weighted by atomic mass is 16.6. The Bertz CT molecular complexity index is 1040. The van der Waals surface area contributed by atoms with Gasteiger partial charge in [-0.1, -0.05) is 44.2 Å². The quantitative estimate of drug-likeness (QED) is 0.260. The van der Waals surface area contributed by atoms with Gasteiger partial charge in [-0.05, 0) is 64.4 Å². The van der Waals surface area contributed by atoms with Crippen molar-refractivity contribution in [1.82, 2.24) is 20.9 Å². The van der Waals surface area contributed by atoms with Crippen molar-refractivity contribution >= 4 is 30.0 Å². The van der Waals surface area contributed by atoms with Gasteiger partial charge in [0, 0.05) is 13.1 Å². The van der Waals surface area contributed by atoms with Crippen LogP contribution in [-0.2, 0) is 30.5 Å². The zero-order valence-corrected chi connectivity index (χ0v) is 24.6. The molecule has 0 bridgehead atoms. The molecule has 3 atom stereocenters. The first-order valence-electron chi connectivity index (χ1n) is 14.1. The average Bonchev–Trinajstić information content (AvgIpc) is 3.39. The van der Waals surface area contributed by atoms with Crippen molar-refractivity contribution in [3.05, 3.63) is 35.9 Å². The van der Waals surface area contributed by atoms with Gasteiger partial charge in [-0.3, -0.25) is 9.59 Å². The number of nitrogens with one attached hydrogen (secondary N) is 3. The van der Waals surface area contributed by atoms with Gasteiger partial charge in [-0.15, -0.1) is 0 Å². The number of benzene rings is 1. The lowest BCUT2D eigenvalue weighted by Crippen LogP contribution is -2.57. The number of likely N-dealkylation sites (tertiary alicyclic amines) is 1. The molecule has 0 radical (unpaired) electrons. The molecule has 228 valence electrons. The van der Waals surface area contributed by atoms with E-state index in [9.17, 15) is 29.1 Å². The van der Waals surface area contributed by atoms with Gasteiger partial charge in [-0.25, -0.2) is 14.4 Å². The largest absolute Gasteiger partial charge is 0.480 e. The highest BCUT2D eigenvalue weighted by molar-refractivity contribution is 5.93. The molecule has 41 heavy (non-hydrogen) atoms. The monoisotopic (exact) mass is 576 g/mol. The lowest BCUT2D eigenvalue weighted by molar-refractivity contribution is -0.150. The minimum atomic E-state index is -1.08. The zero-order valence-electron chi connectivity index (χ0n) is 24.6. The molecule has 1 aliphatic rings. The Morgan fingerprint density at radius 2 is 1.71 bits per heavy atom. The van der Waals surface area contributed by atoms with Crippen molar-refractivity contribution in [2.75, 3.05) is 13.1 Å². The van der Waals surface area contributed by atoms with Gasteiger partial charge in [0.25, 0.3) is 0 Å². The second kappa shape index (κ2) is 15.8. The SMILES string of the molecule is CC(C)[C@H](NC(=O)[C@H](CCCCNC(=O)OCc1ccccc1)NC(=O)OC(C)(C)C)C(=O)N1CCC[C@H]1C(=O)O. The van der Waals surface area contributed by atoms with E-state index >= 15 is 0 Å². The van der Waals surface area contributed by atoms with Crippen molar-refractivity contribution < 1.29 is 38.6 Å². The van der Waals surface area contributed by atoms with Crippen LogP contribution in [0.2, 0.25) is 0 Å². The number of rotatable bonds is 13. The van der Waals surface area contributed by atoms with E-state index in [0.717, 1.165) is 5.56 Å². The van der Waals surface area contributed by atoms with Gasteiger partial charge in [-0.2, -0.15) is 0 Å². The molecule has 12 heteroatoms. The van der Waals surface area contributed by atoms with E-state index in [1.165, 1.54) is 4.90 Å². The molecule has 1 aliphatic heterocycles. The third kappa shape index (κ3) is 11.7. The van der Waals surface area contributed by atoms with Gasteiger partial charge in [0.15, 0.2) is 0 Å². The van der Waals surface area contributed by atoms with Crippen LogP contribution >= 0.6 is 0 Å². The lowest BCUT2D eigenvalue weighted by atomic mass is 10.0. The average molecular weight is 577 g/mol. The molecule has 2 rings (SSSR count). The Balaban J connectivity index is 1.96. The first-order chi connectivity index (χ1) is 19.3. The number of alkyl carbamates (subject to hydrolysis) is 2. The maximum atomic E-state index is 13.3. The molecule has 1 fully saturated rings. The molecule has 0 aromatic heterocycles. The van der Waals surface area contributed by atoms with Crippen LogP contribution in [0, 0.1) is 5.92 Å². The fraction of sp³-hybridized carbons (Fsp3) is 0.621. The summed E-state index contributed by atoms with van der Waals surface area (Å²) in [5, 5.41) is 17.5. The molecule has 0 unspecified atom stereocenters. The van der Waals surface area contributed by atoms with Crippen LogP contribution in [0.3, 0.4) is 0 Å². The molecule has 0 spiro atoms. The van der Waals surface area contributed by atoms with Crippen molar-refractivity contribution in [3.63, 3.8) is 0 Å². The molecule has 1 saturated heterocycles. The molecular formula is C29H44N4O8. The second-order valence-corrected chi connectivity index (χ2v) is 11.4.